The molecule has 50 valence electrons. The lowest BCUT2D eigenvalue weighted by atomic mass is 10.4. The summed E-state index contributed by atoms with van der Waals surface area (Å²) in [6, 6.07) is 0. The Labute approximate surface area is 54.4 Å². The second-order valence-corrected chi connectivity index (χ2v) is 1.56. The molecule has 0 saturated heterocycles. The Morgan fingerprint density at radius 2 is 2.00 bits per heavy atom. The van der Waals surface area contributed by atoms with Crippen LogP contribution in [0.5, 0.6) is 0 Å². The number of hydrogen-bond acceptors (Lipinski definition) is 2. The zero-order chi connectivity index (χ0) is 7.28. The monoisotopic (exact) mass is 126 g/mol. The first-order valence-corrected chi connectivity index (χ1v) is 2.58. The molecule has 0 unspecified atom stereocenters. The molecular formula is C7H10O2. The van der Waals surface area contributed by atoms with E-state index in [0.717, 1.165) is 0 Å². The van der Waals surface area contributed by atoms with Gasteiger partial charge < -0.3 is 10.2 Å². The molecule has 0 aromatic carbocycles. The fraction of sp³-hybridized carbons (Fsp3) is 0.143. The standard InChI is InChI=1S/C7H10O2/c1-3-4-7(9)5-6(2)8/h3-5,8-9H,2H2,1H3/b4-3-,7-5+. The highest BCUT2D eigenvalue weighted by molar-refractivity contribution is 5.18. The summed E-state index contributed by atoms with van der Waals surface area (Å²) in [6.45, 7) is 4.93. The Hall–Kier alpha value is -1.18. The van der Waals surface area contributed by atoms with Crippen LogP contribution < -0.4 is 0 Å². The normalized spacial score (nSPS) is 12.3. The number of aliphatic hydroxyl groups is 2. The number of rotatable bonds is 2. The molecule has 0 fully saturated rings. The van der Waals surface area contributed by atoms with Crippen molar-refractivity contribution in [2.45, 2.75) is 6.92 Å². The summed E-state index contributed by atoms with van der Waals surface area (Å²) >= 11 is 0. The SMILES string of the molecule is C=C(O)/C=C(O)\C=C/C. The molecule has 0 aliphatic rings. The van der Waals surface area contributed by atoms with Gasteiger partial charge in [0.1, 0.15) is 11.5 Å². The van der Waals surface area contributed by atoms with Crippen LogP contribution in [0.4, 0.5) is 0 Å². The zero-order valence-corrected chi connectivity index (χ0v) is 5.33. The van der Waals surface area contributed by atoms with Crippen LogP contribution in [0, 0.1) is 0 Å². The van der Waals surface area contributed by atoms with Crippen molar-refractivity contribution < 1.29 is 10.2 Å². The van der Waals surface area contributed by atoms with Crippen molar-refractivity contribution in [2.75, 3.05) is 0 Å². The van der Waals surface area contributed by atoms with Gasteiger partial charge in [0.05, 0.1) is 0 Å². The third kappa shape index (κ3) is 4.68. The van der Waals surface area contributed by atoms with Gasteiger partial charge in [-0.05, 0) is 13.0 Å². The van der Waals surface area contributed by atoms with Gasteiger partial charge in [-0.25, -0.2) is 0 Å². The van der Waals surface area contributed by atoms with Crippen LogP contribution in [0.25, 0.3) is 0 Å². The number of aliphatic hydroxyl groups excluding tert-OH is 2. The van der Waals surface area contributed by atoms with E-state index >= 15 is 0 Å². The van der Waals surface area contributed by atoms with Crippen molar-refractivity contribution in [3.8, 4) is 0 Å². The first-order chi connectivity index (χ1) is 4.16. The van der Waals surface area contributed by atoms with E-state index < -0.39 is 0 Å². The molecule has 0 saturated carbocycles. The van der Waals surface area contributed by atoms with Gasteiger partial charge in [-0.15, -0.1) is 0 Å². The summed E-state index contributed by atoms with van der Waals surface area (Å²) in [5.41, 5.74) is 0. The predicted octanol–water partition coefficient (Wildman–Crippen LogP) is 2.08. The Bertz CT molecular complexity index is 154. The minimum atomic E-state index is -0.148. The molecule has 2 heteroatoms. The third-order valence-corrected chi connectivity index (χ3v) is 0.652. The molecule has 0 radical (unpaired) electrons. The Morgan fingerprint density at radius 3 is 2.33 bits per heavy atom. The number of hydrogen-bond donors (Lipinski definition) is 2. The van der Waals surface area contributed by atoms with Crippen LogP contribution >= 0.6 is 0 Å². The van der Waals surface area contributed by atoms with Crippen LogP contribution in [0.15, 0.2) is 36.3 Å². The molecule has 0 aromatic heterocycles. The van der Waals surface area contributed by atoms with Crippen LogP contribution in [0.2, 0.25) is 0 Å². The van der Waals surface area contributed by atoms with Gasteiger partial charge in [-0.3, -0.25) is 0 Å². The maximum atomic E-state index is 8.77. The lowest BCUT2D eigenvalue weighted by Crippen LogP contribution is -1.75. The third-order valence-electron chi connectivity index (χ3n) is 0.652. The van der Waals surface area contributed by atoms with E-state index in [2.05, 4.69) is 6.58 Å². The highest BCUT2D eigenvalue weighted by atomic mass is 16.3. The van der Waals surface area contributed by atoms with Gasteiger partial charge in [-0.1, -0.05) is 12.7 Å². The van der Waals surface area contributed by atoms with Crippen molar-refractivity contribution >= 4 is 0 Å². The number of allylic oxidation sites excluding steroid dienone is 3. The first-order valence-electron chi connectivity index (χ1n) is 2.58. The molecule has 0 aliphatic carbocycles. The first kappa shape index (κ1) is 7.82. The highest BCUT2D eigenvalue weighted by Crippen LogP contribution is 1.94. The van der Waals surface area contributed by atoms with E-state index in [1.807, 2.05) is 0 Å². The van der Waals surface area contributed by atoms with Crippen LogP contribution in [0.1, 0.15) is 6.92 Å². The zero-order valence-electron chi connectivity index (χ0n) is 5.33. The van der Waals surface area contributed by atoms with E-state index in [1.165, 1.54) is 12.2 Å². The lowest BCUT2D eigenvalue weighted by Gasteiger charge is -1.87. The van der Waals surface area contributed by atoms with Gasteiger partial charge in [0, 0.05) is 6.08 Å². The molecule has 0 atom stereocenters. The minimum absolute atomic E-state index is 0.00463. The quantitative estimate of drug-likeness (QED) is 0.439. The highest BCUT2D eigenvalue weighted by Gasteiger charge is 1.83. The largest absolute Gasteiger partial charge is 0.508 e. The summed E-state index contributed by atoms with van der Waals surface area (Å²) < 4.78 is 0. The maximum absolute atomic E-state index is 8.77. The molecule has 0 aliphatic heterocycles. The molecule has 0 rings (SSSR count). The Balaban J connectivity index is 4.00. The van der Waals surface area contributed by atoms with E-state index in [-0.39, 0.29) is 11.5 Å². The summed E-state index contributed by atoms with van der Waals surface area (Å²) in [5, 5.41) is 17.3. The summed E-state index contributed by atoms with van der Waals surface area (Å²) in [5.74, 6) is -0.143. The second-order valence-electron chi connectivity index (χ2n) is 1.56. The second kappa shape index (κ2) is 3.78. The Kier molecular flexibility index (Phi) is 3.28. The topological polar surface area (TPSA) is 40.5 Å². The van der Waals surface area contributed by atoms with Crippen molar-refractivity contribution in [3.63, 3.8) is 0 Å². The fourth-order valence-corrected chi connectivity index (χ4v) is 0.390. The van der Waals surface area contributed by atoms with Gasteiger partial charge in [0.15, 0.2) is 0 Å². The summed E-state index contributed by atoms with van der Waals surface area (Å²) in [4.78, 5) is 0. The minimum Gasteiger partial charge on any atom is -0.508 e. The van der Waals surface area contributed by atoms with E-state index in [4.69, 9.17) is 10.2 Å². The lowest BCUT2D eigenvalue weighted by molar-refractivity contribution is 0.406. The Morgan fingerprint density at radius 1 is 1.44 bits per heavy atom. The van der Waals surface area contributed by atoms with Crippen LogP contribution in [-0.4, -0.2) is 10.2 Å². The van der Waals surface area contributed by atoms with Crippen LogP contribution in [-0.2, 0) is 0 Å². The van der Waals surface area contributed by atoms with E-state index in [1.54, 1.807) is 13.0 Å². The van der Waals surface area contributed by atoms with Crippen molar-refractivity contribution in [3.05, 3.63) is 36.3 Å². The van der Waals surface area contributed by atoms with E-state index in [9.17, 15) is 0 Å². The molecule has 2 nitrogen and oxygen atoms in total. The van der Waals surface area contributed by atoms with Crippen molar-refractivity contribution in [1.29, 1.82) is 0 Å². The van der Waals surface area contributed by atoms with E-state index in [0.29, 0.717) is 0 Å². The van der Waals surface area contributed by atoms with Gasteiger partial charge in [0.25, 0.3) is 0 Å². The van der Waals surface area contributed by atoms with Gasteiger partial charge in [0.2, 0.25) is 0 Å². The maximum Gasteiger partial charge on any atom is 0.118 e. The molecule has 0 aromatic rings. The van der Waals surface area contributed by atoms with Crippen molar-refractivity contribution in [1.82, 2.24) is 0 Å². The average molecular weight is 126 g/mol. The fourth-order valence-electron chi connectivity index (χ4n) is 0.390. The molecule has 0 heterocycles. The smallest absolute Gasteiger partial charge is 0.118 e. The van der Waals surface area contributed by atoms with Crippen LogP contribution in [0.3, 0.4) is 0 Å². The molecule has 0 spiro atoms. The summed E-state index contributed by atoms with van der Waals surface area (Å²) in [6.07, 6.45) is 4.29. The van der Waals surface area contributed by atoms with Gasteiger partial charge >= 0.3 is 0 Å². The molecule has 9 heavy (non-hydrogen) atoms. The van der Waals surface area contributed by atoms with Gasteiger partial charge in [-0.2, -0.15) is 0 Å². The summed E-state index contributed by atoms with van der Waals surface area (Å²) in [7, 11) is 0. The molecule has 0 bridgehead atoms. The predicted molar refractivity (Wildman–Crippen MR) is 37.3 cm³/mol. The molecule has 0 amide bonds. The molecule has 2 N–H and O–H groups in total. The van der Waals surface area contributed by atoms with Crippen molar-refractivity contribution in [2.24, 2.45) is 0 Å². The average Bonchev–Trinajstić information content (AvgIpc) is 1.63. The molecular weight excluding hydrogens is 116 g/mol.